The summed E-state index contributed by atoms with van der Waals surface area (Å²) in [6.45, 7) is 4.35. The molecule has 0 aromatic heterocycles. The van der Waals surface area contributed by atoms with Crippen LogP contribution in [0.2, 0.25) is 0 Å². The molecule has 28 heavy (non-hydrogen) atoms. The molecule has 0 aliphatic carbocycles. The second kappa shape index (κ2) is 7.98. The van der Waals surface area contributed by atoms with Crippen LogP contribution >= 0.6 is 0 Å². The topological polar surface area (TPSA) is 13.0 Å². The Bertz CT molecular complexity index is 939. The molecule has 0 saturated carbocycles. The van der Waals surface area contributed by atoms with Gasteiger partial charge in [0, 0.05) is 48.7 Å². The van der Waals surface area contributed by atoms with Gasteiger partial charge in [0.1, 0.15) is 0 Å². The molecule has 2 aliphatic rings. The first kappa shape index (κ1) is 19.0. The van der Waals surface area contributed by atoms with E-state index in [0.29, 0.717) is 0 Å². The summed E-state index contributed by atoms with van der Waals surface area (Å²) in [7, 11) is 8.55. The van der Waals surface area contributed by atoms with Gasteiger partial charge in [-0.3, -0.25) is 0 Å². The third kappa shape index (κ3) is 3.94. The summed E-state index contributed by atoms with van der Waals surface area (Å²) in [6.07, 6.45) is 11.6. The third-order valence-corrected chi connectivity index (χ3v) is 5.55. The van der Waals surface area contributed by atoms with Gasteiger partial charge in [0.05, 0.1) is 0 Å². The Hall–Kier alpha value is -2.30. The Morgan fingerprint density at radius 3 is 1.18 bits per heavy atom. The first-order valence-electron chi connectivity index (χ1n) is 10.3. The maximum Gasteiger partial charge on any atom is 0.0232 e. The molecular formula is C24H32N4. The highest BCUT2D eigenvalue weighted by molar-refractivity contribution is 5.89. The van der Waals surface area contributed by atoms with Crippen LogP contribution in [-0.2, 0) is 0 Å². The maximum absolute atomic E-state index is 2.35. The lowest BCUT2D eigenvalue weighted by molar-refractivity contribution is 0.382. The average Bonchev–Trinajstić information content (AvgIpc) is 2.65. The second-order valence-corrected chi connectivity index (χ2v) is 8.54. The average molecular weight is 377 g/mol. The van der Waals surface area contributed by atoms with Crippen molar-refractivity contribution in [3.05, 3.63) is 45.1 Å². The van der Waals surface area contributed by atoms with Crippen molar-refractivity contribution in [1.29, 1.82) is 0 Å². The number of nitrogens with zero attached hydrogens (tertiary/aromatic N) is 4. The van der Waals surface area contributed by atoms with Crippen molar-refractivity contribution in [2.45, 2.75) is 12.8 Å². The van der Waals surface area contributed by atoms with Crippen molar-refractivity contribution in [1.82, 2.24) is 19.6 Å². The smallest absolute Gasteiger partial charge is 0.0232 e. The fraction of sp³-hybridized carbons (Fsp3) is 0.417. The minimum absolute atomic E-state index is 1.06. The largest absolute Gasteiger partial charge is 0.353 e. The molecule has 0 unspecified atom stereocenters. The maximum atomic E-state index is 2.35. The summed E-state index contributed by atoms with van der Waals surface area (Å²) >= 11 is 0. The van der Waals surface area contributed by atoms with Crippen molar-refractivity contribution in [2.24, 2.45) is 0 Å². The van der Waals surface area contributed by atoms with E-state index in [1.807, 2.05) is 0 Å². The SMILES string of the molecule is CN(C)CCCN1C=c2ccc3c4c(ccc(c24)=C1)=CN(CCCN(C)C)C=3. The normalized spacial score (nSPS) is 14.8. The Kier molecular flexibility index (Phi) is 5.42. The molecule has 0 N–H and O–H groups in total. The molecule has 2 aliphatic heterocycles. The van der Waals surface area contributed by atoms with Crippen molar-refractivity contribution in [3.63, 3.8) is 0 Å². The van der Waals surface area contributed by atoms with Crippen LogP contribution in [0.5, 0.6) is 0 Å². The number of hydrogen-bond donors (Lipinski definition) is 0. The zero-order valence-electron chi connectivity index (χ0n) is 17.7. The van der Waals surface area contributed by atoms with Gasteiger partial charge in [0.2, 0.25) is 0 Å². The third-order valence-electron chi connectivity index (χ3n) is 5.55. The van der Waals surface area contributed by atoms with Crippen LogP contribution in [0.25, 0.3) is 35.6 Å². The summed E-state index contributed by atoms with van der Waals surface area (Å²) in [6, 6.07) is 9.15. The predicted octanol–water partition coefficient (Wildman–Crippen LogP) is 0.326. The molecule has 0 fully saturated rings. The Morgan fingerprint density at radius 2 is 0.893 bits per heavy atom. The van der Waals surface area contributed by atoms with E-state index < -0.39 is 0 Å². The van der Waals surface area contributed by atoms with Gasteiger partial charge in [-0.15, -0.1) is 0 Å². The van der Waals surface area contributed by atoms with Crippen LogP contribution in [0.3, 0.4) is 0 Å². The molecule has 2 aromatic carbocycles. The number of rotatable bonds is 8. The summed E-state index contributed by atoms with van der Waals surface area (Å²) in [4.78, 5) is 9.21. The first-order chi connectivity index (χ1) is 13.5. The van der Waals surface area contributed by atoms with Crippen LogP contribution in [0.15, 0.2) is 24.3 Å². The summed E-state index contributed by atoms with van der Waals surface area (Å²) in [5.41, 5.74) is 0. The molecular weight excluding hydrogens is 344 g/mol. The molecule has 0 atom stereocenters. The van der Waals surface area contributed by atoms with Gasteiger partial charge in [0.25, 0.3) is 0 Å². The molecule has 148 valence electrons. The molecule has 2 aromatic rings. The molecule has 0 saturated heterocycles. The number of benzene rings is 2. The van der Waals surface area contributed by atoms with E-state index >= 15 is 0 Å². The lowest BCUT2D eigenvalue weighted by atomic mass is 9.99. The quantitative estimate of drug-likeness (QED) is 0.658. The monoisotopic (exact) mass is 376 g/mol. The fourth-order valence-electron chi connectivity index (χ4n) is 4.22. The molecule has 4 heteroatoms. The molecule has 0 radical (unpaired) electrons. The summed E-state index contributed by atoms with van der Waals surface area (Å²) in [5, 5.41) is 8.16. The second-order valence-electron chi connectivity index (χ2n) is 8.54. The minimum Gasteiger partial charge on any atom is -0.353 e. The summed E-state index contributed by atoms with van der Waals surface area (Å²) in [5.74, 6) is 0. The molecule has 2 heterocycles. The van der Waals surface area contributed by atoms with Crippen LogP contribution in [0.4, 0.5) is 0 Å². The molecule has 0 amide bonds. The minimum atomic E-state index is 1.06. The zero-order chi connectivity index (χ0) is 19.7. The fourth-order valence-corrected chi connectivity index (χ4v) is 4.22. The van der Waals surface area contributed by atoms with E-state index in [1.54, 1.807) is 0 Å². The highest BCUT2D eigenvalue weighted by Crippen LogP contribution is 2.07. The summed E-state index contributed by atoms with van der Waals surface area (Å²) < 4.78 is 0. The van der Waals surface area contributed by atoms with Gasteiger partial charge in [0.15, 0.2) is 0 Å². The van der Waals surface area contributed by atoms with Gasteiger partial charge in [-0.2, -0.15) is 0 Å². The van der Waals surface area contributed by atoms with E-state index in [0.717, 1.165) is 39.0 Å². The van der Waals surface area contributed by atoms with Crippen molar-refractivity contribution in [2.75, 3.05) is 54.4 Å². The van der Waals surface area contributed by atoms with Gasteiger partial charge in [-0.1, -0.05) is 24.3 Å². The van der Waals surface area contributed by atoms with E-state index in [-0.39, 0.29) is 0 Å². The molecule has 0 spiro atoms. The van der Waals surface area contributed by atoms with E-state index in [1.165, 1.54) is 31.6 Å². The lowest BCUT2D eigenvalue weighted by Gasteiger charge is -2.23. The number of hydrogen-bond acceptors (Lipinski definition) is 4. The Balaban J connectivity index is 1.66. The highest BCUT2D eigenvalue weighted by Gasteiger charge is 2.11. The van der Waals surface area contributed by atoms with Crippen LogP contribution < -0.4 is 20.9 Å². The van der Waals surface area contributed by atoms with Gasteiger partial charge in [-0.25, -0.2) is 0 Å². The van der Waals surface area contributed by atoms with Gasteiger partial charge < -0.3 is 19.6 Å². The first-order valence-corrected chi connectivity index (χ1v) is 10.3. The molecule has 4 nitrogen and oxygen atoms in total. The van der Waals surface area contributed by atoms with E-state index in [9.17, 15) is 0 Å². The van der Waals surface area contributed by atoms with Crippen molar-refractivity contribution in [3.8, 4) is 0 Å². The van der Waals surface area contributed by atoms with Crippen LogP contribution in [0, 0.1) is 0 Å². The Morgan fingerprint density at radius 1 is 0.571 bits per heavy atom. The Labute approximate surface area is 167 Å². The van der Waals surface area contributed by atoms with Crippen LogP contribution in [0.1, 0.15) is 12.8 Å². The zero-order valence-corrected chi connectivity index (χ0v) is 17.7. The predicted molar refractivity (Wildman–Crippen MR) is 120 cm³/mol. The standard InChI is InChI=1S/C24H32N4/c1-25(2)11-5-13-27-15-19-7-9-21-17-28(14-6-12-26(3)4)18-22-10-8-20(16-27)23(19)24(21)22/h7-10,15-18H,5-6,11-14H2,1-4H3. The van der Waals surface area contributed by atoms with Gasteiger partial charge in [-0.05, 0) is 75.0 Å². The molecule has 4 rings (SSSR count). The van der Waals surface area contributed by atoms with Crippen LogP contribution in [-0.4, -0.2) is 74.0 Å². The lowest BCUT2D eigenvalue weighted by Crippen LogP contribution is -2.36. The highest BCUT2D eigenvalue weighted by atomic mass is 15.1. The van der Waals surface area contributed by atoms with Crippen molar-refractivity contribution < 1.29 is 0 Å². The van der Waals surface area contributed by atoms with E-state index in [4.69, 9.17) is 0 Å². The van der Waals surface area contributed by atoms with Crippen molar-refractivity contribution >= 4 is 35.6 Å². The molecule has 0 bridgehead atoms. The van der Waals surface area contributed by atoms with E-state index in [2.05, 4.69) is 96.9 Å². The van der Waals surface area contributed by atoms with Gasteiger partial charge >= 0.3 is 0 Å².